The van der Waals surface area contributed by atoms with E-state index in [0.29, 0.717) is 52.9 Å². The minimum Gasteiger partial charge on any atom is -0.466 e. The molecule has 2 aromatic rings. The maximum Gasteiger partial charge on any atom is 0.336 e. The van der Waals surface area contributed by atoms with Crippen LogP contribution >= 0.6 is 11.6 Å². The zero-order chi connectivity index (χ0) is 31.6. The molecule has 0 spiro atoms. The van der Waals surface area contributed by atoms with Crippen molar-refractivity contribution < 1.29 is 19.1 Å². The van der Waals surface area contributed by atoms with E-state index < -0.39 is 17.9 Å². The Bertz CT molecular complexity index is 1470. The van der Waals surface area contributed by atoms with Gasteiger partial charge in [0.05, 0.1) is 37.8 Å². The first-order valence-corrected chi connectivity index (χ1v) is 14.8. The Morgan fingerprint density at radius 2 is 1.70 bits per heavy atom. The largest absolute Gasteiger partial charge is 0.466 e. The fourth-order valence-corrected chi connectivity index (χ4v) is 5.82. The summed E-state index contributed by atoms with van der Waals surface area (Å²) >= 11 is 6.15. The molecule has 0 saturated carbocycles. The van der Waals surface area contributed by atoms with Crippen molar-refractivity contribution in [3.05, 3.63) is 81.7 Å². The highest BCUT2D eigenvalue weighted by molar-refractivity contribution is 6.30. The van der Waals surface area contributed by atoms with Crippen LogP contribution in [0.5, 0.6) is 0 Å². The van der Waals surface area contributed by atoms with Crippen molar-refractivity contribution in [2.75, 3.05) is 50.6 Å². The van der Waals surface area contributed by atoms with Gasteiger partial charge in [0.1, 0.15) is 0 Å². The summed E-state index contributed by atoms with van der Waals surface area (Å²) in [6, 6.07) is 15.6. The number of ether oxygens (including phenoxy) is 2. The lowest BCUT2D eigenvalue weighted by Gasteiger charge is -2.34. The van der Waals surface area contributed by atoms with Crippen molar-refractivity contribution in [1.82, 2.24) is 16.0 Å². The number of aliphatic imine (C=N–C) groups is 1. The number of hydrogen-bond donors (Lipinski definition) is 4. The zero-order valence-corrected chi connectivity index (χ0v) is 26.1. The van der Waals surface area contributed by atoms with E-state index >= 15 is 0 Å². The molecule has 4 N–H and O–H groups in total. The van der Waals surface area contributed by atoms with Crippen LogP contribution in [-0.4, -0.2) is 64.3 Å². The number of guanidine groups is 1. The monoisotopic (exact) mass is 619 g/mol. The van der Waals surface area contributed by atoms with Crippen molar-refractivity contribution in [2.45, 2.75) is 38.6 Å². The van der Waals surface area contributed by atoms with Crippen LogP contribution in [-0.2, 0) is 19.1 Å². The Labute approximate surface area is 262 Å². The van der Waals surface area contributed by atoms with Gasteiger partial charge in [-0.3, -0.25) is 10.3 Å². The minimum absolute atomic E-state index is 0.285. The number of rotatable bonds is 9. The Kier molecular flexibility index (Phi) is 11.2. The summed E-state index contributed by atoms with van der Waals surface area (Å²) in [7, 11) is 2.60. The summed E-state index contributed by atoms with van der Waals surface area (Å²) in [6.45, 7) is 6.50. The van der Waals surface area contributed by atoms with E-state index in [4.69, 9.17) is 21.1 Å². The van der Waals surface area contributed by atoms with Crippen molar-refractivity contribution in [3.63, 3.8) is 0 Å². The van der Waals surface area contributed by atoms with Crippen molar-refractivity contribution in [2.24, 2.45) is 4.99 Å². The number of halogens is 1. The molecule has 12 heteroatoms. The third kappa shape index (κ3) is 7.89. The number of benzene rings is 2. The Hall–Kier alpha value is -4.53. The van der Waals surface area contributed by atoms with Crippen LogP contribution in [0.4, 0.5) is 11.4 Å². The maximum absolute atomic E-state index is 12.8. The number of piperidine rings is 1. The number of allylic oxidation sites excluding steroid dienone is 2. The van der Waals surface area contributed by atoms with Crippen LogP contribution in [0.15, 0.2) is 76.1 Å². The number of nitrogens with zero attached hydrogens (tertiary/aromatic N) is 3. The molecular formula is C32H38ClN7O4. The molecule has 2 heterocycles. The van der Waals surface area contributed by atoms with Gasteiger partial charge in [0.25, 0.3) is 0 Å². The van der Waals surface area contributed by atoms with Crippen LogP contribution in [0.1, 0.15) is 38.2 Å². The van der Waals surface area contributed by atoms with Gasteiger partial charge in [-0.05, 0) is 62.6 Å². The number of dihydropyridines is 1. The molecule has 0 aromatic heterocycles. The molecule has 0 unspecified atom stereocenters. The Morgan fingerprint density at radius 3 is 2.32 bits per heavy atom. The van der Waals surface area contributed by atoms with Gasteiger partial charge in [-0.25, -0.2) is 9.59 Å². The van der Waals surface area contributed by atoms with Crippen LogP contribution in [0.3, 0.4) is 0 Å². The average molecular weight is 620 g/mol. The number of anilines is 2. The SMILES string of the molecule is COC(=O)C1=C(C)NC(C)=C(C(=O)OC)C1c1cccc(NC(=NCCNC2CCN(c3cccc(Cl)c3)CC2)NC#N)c1. The minimum atomic E-state index is -0.725. The highest BCUT2D eigenvalue weighted by Crippen LogP contribution is 2.39. The van der Waals surface area contributed by atoms with Crippen molar-refractivity contribution in [3.8, 4) is 6.19 Å². The summed E-state index contributed by atoms with van der Waals surface area (Å²) in [5.74, 6) is -1.55. The molecule has 44 heavy (non-hydrogen) atoms. The topological polar surface area (TPSA) is 140 Å². The smallest absolute Gasteiger partial charge is 0.336 e. The summed E-state index contributed by atoms with van der Waals surface area (Å²) in [4.78, 5) is 32.6. The lowest BCUT2D eigenvalue weighted by molar-refractivity contribution is -0.137. The molecule has 0 aliphatic carbocycles. The lowest BCUT2D eigenvalue weighted by Crippen LogP contribution is -2.43. The lowest BCUT2D eigenvalue weighted by atomic mass is 9.80. The Balaban J connectivity index is 1.42. The second-order valence-corrected chi connectivity index (χ2v) is 11.0. The van der Waals surface area contributed by atoms with E-state index in [2.05, 4.69) is 37.2 Å². The highest BCUT2D eigenvalue weighted by Gasteiger charge is 2.37. The number of nitrogens with one attached hydrogen (secondary N) is 4. The molecule has 0 radical (unpaired) electrons. The van der Waals surface area contributed by atoms with Crippen LogP contribution in [0.25, 0.3) is 0 Å². The number of carbonyl (C=O) groups excluding carboxylic acids is 2. The summed E-state index contributed by atoms with van der Waals surface area (Å²) in [6.07, 6.45) is 3.94. The first-order chi connectivity index (χ1) is 21.2. The number of methoxy groups -OCH3 is 2. The summed E-state index contributed by atoms with van der Waals surface area (Å²) in [5, 5.41) is 22.5. The van der Waals surface area contributed by atoms with Gasteiger partial charge in [-0.15, -0.1) is 0 Å². The number of nitriles is 1. The van der Waals surface area contributed by atoms with E-state index in [-0.39, 0.29) is 5.96 Å². The first kappa shape index (κ1) is 32.4. The third-order valence-electron chi connectivity index (χ3n) is 7.71. The molecule has 2 aliphatic heterocycles. The standard InChI is InChI=1S/C32H38ClN7O4/c1-20-27(30(41)43-3)29(28(21(2)38-20)31(42)44-4)22-7-5-9-25(17-22)39-32(37-19-34)36-14-13-35-24-11-15-40(16-12-24)26-10-6-8-23(33)18-26/h5-10,17-18,24,29,35,38H,11-16H2,1-4H3,(H2,36,37,39). The second kappa shape index (κ2) is 15.3. The number of carbonyl (C=O) groups is 2. The molecule has 1 fully saturated rings. The van der Waals surface area contributed by atoms with E-state index in [9.17, 15) is 14.9 Å². The van der Waals surface area contributed by atoms with Gasteiger partial charge >= 0.3 is 11.9 Å². The van der Waals surface area contributed by atoms with E-state index in [1.807, 2.05) is 42.6 Å². The highest BCUT2D eigenvalue weighted by atomic mass is 35.5. The molecule has 2 aromatic carbocycles. The molecule has 0 atom stereocenters. The quantitative estimate of drug-likeness (QED) is 0.0812. The van der Waals surface area contributed by atoms with Crippen LogP contribution in [0.2, 0.25) is 5.02 Å². The van der Waals surface area contributed by atoms with Gasteiger partial charge in [0.15, 0.2) is 6.19 Å². The number of hydrogen-bond acceptors (Lipinski definition) is 9. The van der Waals surface area contributed by atoms with Crippen LogP contribution < -0.4 is 26.2 Å². The molecular weight excluding hydrogens is 582 g/mol. The predicted molar refractivity (Wildman–Crippen MR) is 171 cm³/mol. The molecule has 1 saturated heterocycles. The number of esters is 2. The van der Waals surface area contributed by atoms with E-state index in [1.54, 1.807) is 19.9 Å². The Morgan fingerprint density at radius 1 is 1.05 bits per heavy atom. The molecule has 2 aliphatic rings. The van der Waals surface area contributed by atoms with Gasteiger partial charge in [0, 0.05) is 53.5 Å². The van der Waals surface area contributed by atoms with E-state index in [1.165, 1.54) is 14.2 Å². The van der Waals surface area contributed by atoms with Crippen molar-refractivity contribution in [1.29, 1.82) is 5.26 Å². The van der Waals surface area contributed by atoms with Crippen LogP contribution in [0, 0.1) is 11.5 Å². The summed E-state index contributed by atoms with van der Waals surface area (Å²) in [5.41, 5.74) is 4.21. The molecule has 0 bridgehead atoms. The summed E-state index contributed by atoms with van der Waals surface area (Å²) < 4.78 is 10.1. The van der Waals surface area contributed by atoms with Gasteiger partial charge in [-0.1, -0.05) is 29.8 Å². The fourth-order valence-electron chi connectivity index (χ4n) is 5.64. The van der Waals surface area contributed by atoms with E-state index in [0.717, 1.165) is 36.6 Å². The first-order valence-electron chi connectivity index (χ1n) is 14.4. The van der Waals surface area contributed by atoms with Gasteiger partial charge in [-0.2, -0.15) is 5.26 Å². The molecule has 232 valence electrons. The second-order valence-electron chi connectivity index (χ2n) is 10.5. The molecule has 11 nitrogen and oxygen atoms in total. The average Bonchev–Trinajstić information content (AvgIpc) is 3.02. The third-order valence-corrected chi connectivity index (χ3v) is 7.95. The molecule has 4 rings (SSSR count). The zero-order valence-electron chi connectivity index (χ0n) is 25.4. The fraction of sp³-hybridized carbons (Fsp3) is 0.375. The maximum atomic E-state index is 12.8. The molecule has 0 amide bonds. The predicted octanol–water partition coefficient (Wildman–Crippen LogP) is 4.02. The van der Waals surface area contributed by atoms with Crippen molar-refractivity contribution >= 4 is 40.9 Å². The normalized spacial score (nSPS) is 16.3. The van der Waals surface area contributed by atoms with Gasteiger partial charge in [0.2, 0.25) is 5.96 Å². The van der Waals surface area contributed by atoms with Gasteiger partial charge < -0.3 is 30.3 Å².